The van der Waals surface area contributed by atoms with E-state index in [0.29, 0.717) is 0 Å². The number of hydrogen-bond donors (Lipinski definition) is 1. The average molecular weight is 213 g/mol. The topological polar surface area (TPSA) is 38.9 Å². The number of aryl methyl sites for hydroxylation is 1. The first kappa shape index (κ1) is 7.25. The van der Waals surface area contributed by atoms with E-state index in [1.165, 1.54) is 5.56 Å². The third-order valence-corrected chi connectivity index (χ3v) is 2.51. The highest BCUT2D eigenvalue weighted by molar-refractivity contribution is 9.10. The summed E-state index contributed by atoms with van der Waals surface area (Å²) < 4.78 is 0.908. The molecule has 0 amide bonds. The Morgan fingerprint density at radius 3 is 3.18 bits per heavy atom. The monoisotopic (exact) mass is 212 g/mol. The van der Waals surface area contributed by atoms with E-state index in [1.807, 2.05) is 6.07 Å². The van der Waals surface area contributed by atoms with Crippen LogP contribution in [0.15, 0.2) is 16.7 Å². The zero-order chi connectivity index (χ0) is 7.84. The number of nitrogens with two attached hydrogens (primary N) is 1. The van der Waals surface area contributed by atoms with Crippen LogP contribution in [0.2, 0.25) is 0 Å². The summed E-state index contributed by atoms with van der Waals surface area (Å²) in [5.41, 5.74) is 8.22. The van der Waals surface area contributed by atoms with Gasteiger partial charge in [0, 0.05) is 11.7 Å². The molecule has 2 N–H and O–H groups in total. The maximum atomic E-state index is 5.84. The van der Waals surface area contributed by atoms with Gasteiger partial charge in [-0.2, -0.15) is 0 Å². The summed E-state index contributed by atoms with van der Waals surface area (Å²) in [4.78, 5) is 4.34. The van der Waals surface area contributed by atoms with E-state index in [0.717, 1.165) is 23.1 Å². The fraction of sp³-hybridized carbons (Fsp3) is 0.375. The molecule has 1 heterocycles. The third-order valence-electron chi connectivity index (χ3n) is 2.07. The van der Waals surface area contributed by atoms with E-state index in [9.17, 15) is 0 Å². The Labute approximate surface area is 73.9 Å². The highest BCUT2D eigenvalue weighted by atomic mass is 79.9. The molecule has 0 unspecified atom stereocenters. The van der Waals surface area contributed by atoms with Crippen LogP contribution in [0.25, 0.3) is 0 Å². The van der Waals surface area contributed by atoms with Crippen molar-refractivity contribution in [3.8, 4) is 0 Å². The first-order valence-corrected chi connectivity index (χ1v) is 4.47. The van der Waals surface area contributed by atoms with Crippen molar-refractivity contribution in [3.05, 3.63) is 28.0 Å². The van der Waals surface area contributed by atoms with Crippen LogP contribution < -0.4 is 5.73 Å². The molecule has 2 nitrogen and oxygen atoms in total. The highest BCUT2D eigenvalue weighted by Crippen LogP contribution is 2.28. The zero-order valence-electron chi connectivity index (χ0n) is 6.05. The number of halogens is 1. The second-order valence-electron chi connectivity index (χ2n) is 2.82. The Bertz CT molecular complexity index is 285. The lowest BCUT2D eigenvalue weighted by Gasteiger charge is -2.02. The van der Waals surface area contributed by atoms with Crippen LogP contribution in [0.4, 0.5) is 0 Å². The summed E-state index contributed by atoms with van der Waals surface area (Å²) in [7, 11) is 0. The van der Waals surface area contributed by atoms with Crippen LogP contribution >= 0.6 is 15.9 Å². The zero-order valence-corrected chi connectivity index (χ0v) is 7.63. The van der Waals surface area contributed by atoms with E-state index in [2.05, 4.69) is 27.0 Å². The smallest absolute Gasteiger partial charge is 0.106 e. The van der Waals surface area contributed by atoms with Gasteiger partial charge >= 0.3 is 0 Å². The molecule has 3 heteroatoms. The van der Waals surface area contributed by atoms with Crippen LogP contribution in [-0.4, -0.2) is 4.98 Å². The van der Waals surface area contributed by atoms with Gasteiger partial charge in [-0.25, -0.2) is 4.98 Å². The minimum Gasteiger partial charge on any atom is -0.324 e. The van der Waals surface area contributed by atoms with Crippen LogP contribution in [0.5, 0.6) is 0 Å². The maximum Gasteiger partial charge on any atom is 0.106 e. The van der Waals surface area contributed by atoms with Crippen molar-refractivity contribution < 1.29 is 0 Å². The molecule has 0 radical (unpaired) electrons. The quantitative estimate of drug-likeness (QED) is 0.667. The summed E-state index contributed by atoms with van der Waals surface area (Å²) in [6, 6.07) is 4.22. The maximum absolute atomic E-state index is 5.84. The summed E-state index contributed by atoms with van der Waals surface area (Å²) in [5.74, 6) is 0. The molecule has 1 aliphatic carbocycles. The Morgan fingerprint density at radius 1 is 1.55 bits per heavy atom. The van der Waals surface area contributed by atoms with E-state index >= 15 is 0 Å². The molecule has 0 fully saturated rings. The van der Waals surface area contributed by atoms with Crippen LogP contribution in [0, 0.1) is 0 Å². The molecule has 0 aromatic carbocycles. The standard InChI is InChI=1S/C8H9BrN2/c9-8-4-1-5-6(10)2-3-7(5)11-8/h1,4,6H,2-3,10H2/t6-/m1/s1. The largest absolute Gasteiger partial charge is 0.324 e. The number of hydrogen-bond acceptors (Lipinski definition) is 2. The van der Waals surface area contributed by atoms with Crippen molar-refractivity contribution in [1.82, 2.24) is 4.98 Å². The minimum absolute atomic E-state index is 0.214. The van der Waals surface area contributed by atoms with Gasteiger partial charge in [0.2, 0.25) is 0 Å². The van der Waals surface area contributed by atoms with Crippen LogP contribution in [-0.2, 0) is 6.42 Å². The summed E-state index contributed by atoms with van der Waals surface area (Å²) in [6.07, 6.45) is 2.06. The molecule has 58 valence electrons. The van der Waals surface area contributed by atoms with Gasteiger partial charge in [-0.3, -0.25) is 0 Å². The van der Waals surface area contributed by atoms with Crippen molar-refractivity contribution in [1.29, 1.82) is 0 Å². The normalized spacial score (nSPS) is 21.8. The number of pyridine rings is 1. The van der Waals surface area contributed by atoms with Crippen LogP contribution in [0.3, 0.4) is 0 Å². The molecule has 0 saturated carbocycles. The van der Waals surface area contributed by atoms with Gasteiger partial charge < -0.3 is 5.73 Å². The lowest BCUT2D eigenvalue weighted by Crippen LogP contribution is -2.05. The fourth-order valence-electron chi connectivity index (χ4n) is 1.47. The molecule has 0 spiro atoms. The molecule has 1 aromatic rings. The number of aromatic nitrogens is 1. The third kappa shape index (κ3) is 1.19. The molecule has 0 aliphatic heterocycles. The van der Waals surface area contributed by atoms with Gasteiger partial charge in [-0.15, -0.1) is 0 Å². The van der Waals surface area contributed by atoms with Crippen molar-refractivity contribution in [3.63, 3.8) is 0 Å². The summed E-state index contributed by atoms with van der Waals surface area (Å²) in [6.45, 7) is 0. The minimum atomic E-state index is 0.214. The van der Waals surface area contributed by atoms with E-state index in [-0.39, 0.29) is 6.04 Å². The fourth-order valence-corrected chi connectivity index (χ4v) is 1.82. The van der Waals surface area contributed by atoms with Gasteiger partial charge in [0.1, 0.15) is 4.60 Å². The van der Waals surface area contributed by atoms with Gasteiger partial charge in [-0.05, 0) is 40.4 Å². The highest BCUT2D eigenvalue weighted by Gasteiger charge is 2.19. The second kappa shape index (κ2) is 2.57. The van der Waals surface area contributed by atoms with Gasteiger partial charge in [0.25, 0.3) is 0 Å². The Morgan fingerprint density at radius 2 is 2.36 bits per heavy atom. The first-order valence-electron chi connectivity index (χ1n) is 3.68. The predicted octanol–water partition coefficient (Wildman–Crippen LogP) is 1.79. The van der Waals surface area contributed by atoms with E-state index in [1.54, 1.807) is 0 Å². The van der Waals surface area contributed by atoms with Crippen molar-refractivity contribution in [2.24, 2.45) is 5.73 Å². The Hall–Kier alpha value is -0.410. The lowest BCUT2D eigenvalue weighted by atomic mass is 10.2. The molecule has 0 bridgehead atoms. The molecule has 1 aliphatic rings. The van der Waals surface area contributed by atoms with Crippen LogP contribution in [0.1, 0.15) is 23.7 Å². The number of nitrogens with zero attached hydrogens (tertiary/aromatic N) is 1. The van der Waals surface area contributed by atoms with Gasteiger partial charge in [0.15, 0.2) is 0 Å². The Kier molecular flexibility index (Phi) is 1.69. The number of fused-ring (bicyclic) bond motifs is 1. The first-order chi connectivity index (χ1) is 5.27. The summed E-state index contributed by atoms with van der Waals surface area (Å²) in [5, 5.41) is 0. The second-order valence-corrected chi connectivity index (χ2v) is 3.63. The molecule has 1 aromatic heterocycles. The van der Waals surface area contributed by atoms with Crippen molar-refractivity contribution in [2.45, 2.75) is 18.9 Å². The molecular weight excluding hydrogens is 204 g/mol. The molecule has 1 atom stereocenters. The molecule has 2 rings (SSSR count). The lowest BCUT2D eigenvalue weighted by molar-refractivity contribution is 0.712. The van der Waals surface area contributed by atoms with Gasteiger partial charge in [0.05, 0.1) is 0 Å². The van der Waals surface area contributed by atoms with E-state index < -0.39 is 0 Å². The average Bonchev–Trinajstić information content (AvgIpc) is 2.32. The Balaban J connectivity index is 2.50. The van der Waals surface area contributed by atoms with Crippen molar-refractivity contribution >= 4 is 15.9 Å². The SMILES string of the molecule is N[C@@H]1CCc2nc(Br)ccc21. The predicted molar refractivity (Wildman–Crippen MR) is 47.2 cm³/mol. The molecule has 11 heavy (non-hydrogen) atoms. The van der Waals surface area contributed by atoms with E-state index in [4.69, 9.17) is 5.73 Å². The van der Waals surface area contributed by atoms with Crippen molar-refractivity contribution in [2.75, 3.05) is 0 Å². The molecular formula is C8H9BrN2. The molecule has 0 saturated heterocycles. The summed E-state index contributed by atoms with van der Waals surface area (Å²) >= 11 is 3.33. The number of rotatable bonds is 0. The van der Waals surface area contributed by atoms with Gasteiger partial charge in [-0.1, -0.05) is 6.07 Å².